The van der Waals surface area contributed by atoms with Crippen LogP contribution in [0.4, 0.5) is 10.5 Å². The van der Waals surface area contributed by atoms with Crippen molar-refractivity contribution < 1.29 is 66.0 Å². The molecule has 3 saturated heterocycles. The zero-order valence-corrected chi connectivity index (χ0v) is 41.0. The summed E-state index contributed by atoms with van der Waals surface area (Å²) in [5.41, 5.74) is -3.10. The average Bonchev–Trinajstić information content (AvgIpc) is 3.54. The number of fused-ring (bicyclic) bond motifs is 1. The van der Waals surface area contributed by atoms with Crippen molar-refractivity contribution in [1.82, 2.24) is 19.5 Å². The van der Waals surface area contributed by atoms with Crippen LogP contribution in [0.1, 0.15) is 80.3 Å². The van der Waals surface area contributed by atoms with Crippen molar-refractivity contribution in [1.29, 1.82) is 0 Å². The number of aliphatic hydroxyl groups is 1. The number of carbonyl (C=O) groups excluding carboxylic acids is 4. The fraction of sp³-hybridized carbons (Fsp3) is 0.674. The summed E-state index contributed by atoms with van der Waals surface area (Å²) in [6.45, 7) is 12.8. The summed E-state index contributed by atoms with van der Waals surface area (Å²) in [4.78, 5) is 75.1. The van der Waals surface area contributed by atoms with Gasteiger partial charge in [0, 0.05) is 62.3 Å². The van der Waals surface area contributed by atoms with Crippen LogP contribution in [0.15, 0.2) is 53.6 Å². The van der Waals surface area contributed by atoms with Gasteiger partial charge in [0.15, 0.2) is 11.9 Å². The van der Waals surface area contributed by atoms with Crippen LogP contribution in [-0.4, -0.2) is 151 Å². The molecule has 2 N–H and O–H groups in total. The molecule has 67 heavy (non-hydrogen) atoms. The summed E-state index contributed by atoms with van der Waals surface area (Å²) in [7, 11) is 0.799. The Bertz CT molecular complexity index is 2200. The van der Waals surface area contributed by atoms with Gasteiger partial charge in [-0.05, 0) is 79.3 Å². The molecule has 3 aliphatic rings. The molecule has 1 aromatic heterocycles. The van der Waals surface area contributed by atoms with Crippen LogP contribution >= 0.6 is 0 Å². The first-order valence-electron chi connectivity index (χ1n) is 22.7. The van der Waals surface area contributed by atoms with Gasteiger partial charge in [-0.1, -0.05) is 39.8 Å². The molecular weight excluding hydrogens is 895 g/mol. The third kappa shape index (κ3) is 11.8. The van der Waals surface area contributed by atoms with Crippen molar-refractivity contribution in [2.24, 2.45) is 23.7 Å². The van der Waals surface area contributed by atoms with Gasteiger partial charge in [-0.15, -0.1) is 0 Å². The number of likely N-dealkylation sites (N-methyl/N-ethyl adjacent to an activating group) is 1. The Morgan fingerprint density at radius 1 is 1.07 bits per heavy atom. The van der Waals surface area contributed by atoms with Crippen molar-refractivity contribution in [3.05, 3.63) is 64.5 Å². The predicted octanol–water partition coefficient (Wildman–Crippen LogP) is 4.06. The highest BCUT2D eigenvalue weighted by atomic mass is 32.2. The molecule has 372 valence electrons. The van der Waals surface area contributed by atoms with Gasteiger partial charge in [0.25, 0.3) is 5.69 Å². The van der Waals surface area contributed by atoms with E-state index >= 15 is 0 Å². The topological polar surface area (TPSA) is 253 Å². The minimum Gasteiger partial charge on any atom is -0.461 e. The molecular formula is C46H67N5O15S. The number of aromatic nitrogens is 1. The standard InChI is InChI=1S/C46H67N5O15S/c1-12-35-46(8)40(50(44(56)66-46)21-20-48-67(59,60)33-18-15-17-32(24-33)51(57)58)28(4)37(53)26(2)25-45(7,61-11)41(65-43-38(54)34(49(9)10)22-27(3)62-43)29(5)39(30(6)42(55)63-35)64-36(52)23-31-16-13-14-19-47-31/h13-19,24,26-30,34-35,38-41,43,48,54H,12,20-23,25H2,1-11H3/t26-,27-,28-,29-,30-,34+,35+,38-,39-,40+,41-,43+,45-,46-/m1/s1. The molecule has 0 bridgehead atoms. The molecule has 14 atom stereocenters. The first-order chi connectivity index (χ1) is 31.4. The van der Waals surface area contributed by atoms with E-state index in [0.29, 0.717) is 12.1 Å². The van der Waals surface area contributed by atoms with Crippen molar-refractivity contribution >= 4 is 39.5 Å². The molecule has 5 rings (SSSR count). The summed E-state index contributed by atoms with van der Waals surface area (Å²) in [6, 6.07) is 8.08. The number of benzene rings is 1. The van der Waals surface area contributed by atoms with Crippen molar-refractivity contribution in [3.63, 3.8) is 0 Å². The van der Waals surface area contributed by atoms with Crippen LogP contribution in [0.5, 0.6) is 0 Å². The number of nitro benzene ring substituents is 1. The monoisotopic (exact) mass is 961 g/mol. The molecule has 4 heterocycles. The van der Waals surface area contributed by atoms with E-state index in [2.05, 4.69) is 9.71 Å². The van der Waals surface area contributed by atoms with E-state index < -0.39 is 110 Å². The molecule has 2 aromatic rings. The minimum absolute atomic E-state index is 0.0109. The number of nitrogens with one attached hydrogen (secondary N) is 1. The fourth-order valence-electron chi connectivity index (χ4n) is 10.1. The Balaban J connectivity index is 1.57. The number of methoxy groups -OCH3 is 1. The number of pyridine rings is 1. The van der Waals surface area contributed by atoms with E-state index in [1.807, 2.05) is 25.9 Å². The highest BCUT2D eigenvalue weighted by Gasteiger charge is 2.60. The van der Waals surface area contributed by atoms with Gasteiger partial charge in [-0.2, -0.15) is 0 Å². The second-order valence-corrected chi connectivity index (χ2v) is 20.5. The lowest BCUT2D eigenvalue weighted by Gasteiger charge is -2.48. The number of ketones is 1. The number of cyclic esters (lactones) is 1. The third-order valence-corrected chi connectivity index (χ3v) is 15.1. The summed E-state index contributed by atoms with van der Waals surface area (Å²) in [6.07, 6.45) is -5.31. The zero-order valence-electron chi connectivity index (χ0n) is 40.1. The molecule has 0 saturated carbocycles. The number of nitrogens with zero attached hydrogens (tertiary/aromatic N) is 4. The molecule has 0 unspecified atom stereocenters. The molecule has 3 fully saturated rings. The number of sulfonamides is 1. The Hall–Kier alpha value is -4.64. The molecule has 0 aliphatic carbocycles. The zero-order chi connectivity index (χ0) is 49.8. The first kappa shape index (κ1) is 53.3. The number of esters is 2. The van der Waals surface area contributed by atoms with Crippen LogP contribution in [-0.2, 0) is 59.2 Å². The number of carbonyl (C=O) groups is 4. The number of non-ortho nitro benzene ring substituents is 1. The Kier molecular flexibility index (Phi) is 17.3. The van der Waals surface area contributed by atoms with E-state index in [9.17, 15) is 42.8 Å². The van der Waals surface area contributed by atoms with Crippen molar-refractivity contribution in [2.45, 2.75) is 146 Å². The van der Waals surface area contributed by atoms with Gasteiger partial charge >= 0.3 is 18.0 Å². The van der Waals surface area contributed by atoms with Gasteiger partial charge in [0.1, 0.15) is 24.1 Å². The van der Waals surface area contributed by atoms with Gasteiger partial charge in [-0.3, -0.25) is 34.4 Å². The lowest BCUT2D eigenvalue weighted by Crippen LogP contribution is -2.61. The van der Waals surface area contributed by atoms with Crippen molar-refractivity contribution in [2.75, 3.05) is 34.3 Å². The van der Waals surface area contributed by atoms with Crippen LogP contribution in [0, 0.1) is 33.8 Å². The second-order valence-electron chi connectivity index (χ2n) is 18.7. The largest absolute Gasteiger partial charge is 0.461 e. The van der Waals surface area contributed by atoms with Crippen LogP contribution in [0.3, 0.4) is 0 Å². The fourth-order valence-corrected chi connectivity index (χ4v) is 11.1. The number of aliphatic hydroxyl groups excluding tert-OH is 1. The molecule has 21 heteroatoms. The molecule has 1 amide bonds. The minimum atomic E-state index is -4.32. The quantitative estimate of drug-likeness (QED) is 0.117. The van der Waals surface area contributed by atoms with E-state index in [1.54, 1.807) is 66.7 Å². The molecule has 20 nitrogen and oxygen atoms in total. The number of rotatable bonds is 14. The summed E-state index contributed by atoms with van der Waals surface area (Å²) >= 11 is 0. The van der Waals surface area contributed by atoms with Crippen LogP contribution < -0.4 is 4.72 Å². The smallest absolute Gasteiger partial charge is 0.410 e. The predicted molar refractivity (Wildman–Crippen MR) is 241 cm³/mol. The highest BCUT2D eigenvalue weighted by Crippen LogP contribution is 2.44. The number of Topliss-reactive ketones (excluding diaryl/α,β-unsaturated/α-hetero) is 1. The third-order valence-electron chi connectivity index (χ3n) is 13.6. The first-order valence-corrected chi connectivity index (χ1v) is 24.1. The normalized spacial score (nSPS) is 34.5. The lowest BCUT2D eigenvalue weighted by atomic mass is 9.73. The Morgan fingerprint density at radius 3 is 2.39 bits per heavy atom. The molecule has 0 radical (unpaired) electrons. The van der Waals surface area contributed by atoms with E-state index in [1.165, 1.54) is 30.3 Å². The maximum atomic E-state index is 14.9. The maximum absolute atomic E-state index is 14.9. The second kappa shape index (κ2) is 21.8. The van der Waals surface area contributed by atoms with E-state index in [0.717, 1.165) is 12.1 Å². The van der Waals surface area contributed by atoms with Gasteiger partial charge in [0.05, 0.1) is 51.7 Å². The number of nitro groups is 1. The average molecular weight is 962 g/mol. The van der Waals surface area contributed by atoms with E-state index in [4.69, 9.17) is 28.4 Å². The van der Waals surface area contributed by atoms with Gasteiger partial charge < -0.3 is 38.4 Å². The molecule has 3 aliphatic heterocycles. The number of hydrogen-bond acceptors (Lipinski definition) is 17. The number of ether oxygens (including phenoxy) is 6. The van der Waals surface area contributed by atoms with Gasteiger partial charge in [0.2, 0.25) is 10.0 Å². The summed E-state index contributed by atoms with van der Waals surface area (Å²) < 4.78 is 67.0. The number of hydrogen-bond donors (Lipinski definition) is 2. The van der Waals surface area contributed by atoms with Crippen molar-refractivity contribution in [3.8, 4) is 0 Å². The van der Waals surface area contributed by atoms with E-state index in [-0.39, 0.29) is 55.2 Å². The molecule has 0 spiro atoms. The number of amides is 1. The lowest BCUT2D eigenvalue weighted by molar-refractivity contribution is -0.385. The Labute approximate surface area is 392 Å². The van der Waals surface area contributed by atoms with Crippen LogP contribution in [0.2, 0.25) is 0 Å². The van der Waals surface area contributed by atoms with Crippen LogP contribution in [0.25, 0.3) is 0 Å². The Morgan fingerprint density at radius 2 is 1.78 bits per heavy atom. The highest BCUT2D eigenvalue weighted by molar-refractivity contribution is 7.89. The molecule has 1 aromatic carbocycles. The summed E-state index contributed by atoms with van der Waals surface area (Å²) in [5.74, 6) is -5.82. The SMILES string of the molecule is CC[C@@H]1OC(=O)[C@H](C)[C@H](OC(=O)Cc2ccccn2)[C@@H](C)[C@@H](O[C@@H]2O[C@H](C)C[C@H](N(C)C)[C@H]2O)[C@](C)(OC)C[C@@H](C)C(=O)[C@@H](C)[C@@H]2N(CCNS(=O)(=O)c3cccc([N+](=O)[O-])c3)C(=O)O[C@]12C. The maximum Gasteiger partial charge on any atom is 0.410 e. The van der Waals surface area contributed by atoms with Gasteiger partial charge in [-0.25, -0.2) is 17.9 Å². The summed E-state index contributed by atoms with van der Waals surface area (Å²) in [5, 5.41) is 23.1.